The van der Waals surface area contributed by atoms with Gasteiger partial charge in [0, 0.05) is 14.8 Å². The Balaban J connectivity index is 1.56. The lowest BCUT2D eigenvalue weighted by atomic mass is 10.3. The van der Waals surface area contributed by atoms with E-state index in [2.05, 4.69) is 10.3 Å². The molecular formula is C22H16ClN3O2S. The van der Waals surface area contributed by atoms with E-state index in [1.165, 1.54) is 22.5 Å². The molecule has 3 aromatic carbocycles. The zero-order valence-corrected chi connectivity index (χ0v) is 16.8. The van der Waals surface area contributed by atoms with Crippen LogP contribution in [-0.2, 0) is 11.3 Å². The number of carbonyl (C=O) groups excluding carboxylic acids is 1. The number of aromatic nitrogens is 2. The fourth-order valence-corrected chi connectivity index (χ4v) is 3.93. The van der Waals surface area contributed by atoms with E-state index in [0.717, 1.165) is 9.79 Å². The molecule has 0 saturated carbocycles. The third-order valence-corrected chi connectivity index (χ3v) is 5.59. The summed E-state index contributed by atoms with van der Waals surface area (Å²) in [5.41, 5.74) is 1.66. The van der Waals surface area contributed by atoms with Gasteiger partial charge in [-0.3, -0.25) is 14.2 Å². The van der Waals surface area contributed by atoms with Crippen LogP contribution in [0.4, 0.5) is 5.69 Å². The average Bonchev–Trinajstić information content (AvgIpc) is 2.73. The number of fused-ring (bicyclic) bond motifs is 1. The van der Waals surface area contributed by atoms with Gasteiger partial charge in [0.15, 0.2) is 0 Å². The molecule has 5 nitrogen and oxygen atoms in total. The van der Waals surface area contributed by atoms with Crippen LogP contribution in [0.15, 0.2) is 93.6 Å². The highest BCUT2D eigenvalue weighted by molar-refractivity contribution is 7.99. The molecule has 1 heterocycles. The first kappa shape index (κ1) is 19.2. The lowest BCUT2D eigenvalue weighted by Gasteiger charge is -2.13. The van der Waals surface area contributed by atoms with E-state index in [-0.39, 0.29) is 18.0 Å². The minimum absolute atomic E-state index is 0.0954. The molecule has 4 rings (SSSR count). The summed E-state index contributed by atoms with van der Waals surface area (Å²) in [6.45, 7) is -0.0954. The molecule has 4 aromatic rings. The molecule has 0 atom stereocenters. The van der Waals surface area contributed by atoms with Crippen LogP contribution in [0.3, 0.4) is 0 Å². The summed E-state index contributed by atoms with van der Waals surface area (Å²) >= 11 is 7.47. The van der Waals surface area contributed by atoms with Crippen molar-refractivity contribution in [2.75, 3.05) is 5.32 Å². The van der Waals surface area contributed by atoms with E-state index < -0.39 is 0 Å². The van der Waals surface area contributed by atoms with Crippen LogP contribution in [0.1, 0.15) is 0 Å². The minimum atomic E-state index is -0.317. The second-order valence-electron chi connectivity index (χ2n) is 6.27. The third kappa shape index (κ3) is 4.50. The Labute approximate surface area is 176 Å². The minimum Gasteiger partial charge on any atom is -0.324 e. The van der Waals surface area contributed by atoms with Gasteiger partial charge in [-0.1, -0.05) is 47.6 Å². The van der Waals surface area contributed by atoms with Crippen molar-refractivity contribution in [2.45, 2.75) is 16.3 Å². The highest BCUT2D eigenvalue weighted by Gasteiger charge is 2.11. The van der Waals surface area contributed by atoms with Crippen LogP contribution in [0.2, 0.25) is 5.02 Å². The van der Waals surface area contributed by atoms with Crippen LogP contribution >= 0.6 is 23.4 Å². The Kier molecular flexibility index (Phi) is 5.64. The number of rotatable bonds is 5. The zero-order valence-electron chi connectivity index (χ0n) is 15.2. The molecule has 144 valence electrons. The maximum Gasteiger partial charge on any atom is 0.269 e. The number of para-hydroxylation sites is 3. The van der Waals surface area contributed by atoms with Gasteiger partial charge in [0.1, 0.15) is 6.54 Å². The van der Waals surface area contributed by atoms with Crippen LogP contribution in [0, 0.1) is 0 Å². The molecule has 0 spiro atoms. The van der Waals surface area contributed by atoms with Crippen molar-refractivity contribution in [1.29, 1.82) is 0 Å². The molecule has 7 heteroatoms. The summed E-state index contributed by atoms with van der Waals surface area (Å²) in [7, 11) is 0. The van der Waals surface area contributed by atoms with Crippen LogP contribution in [0.5, 0.6) is 0 Å². The molecule has 1 N–H and O–H groups in total. The van der Waals surface area contributed by atoms with Gasteiger partial charge in [-0.2, -0.15) is 0 Å². The van der Waals surface area contributed by atoms with Crippen molar-refractivity contribution in [3.8, 4) is 0 Å². The molecule has 0 unspecified atom stereocenters. The summed E-state index contributed by atoms with van der Waals surface area (Å²) in [6, 6.07) is 22.3. The quantitative estimate of drug-likeness (QED) is 0.500. The Hall–Kier alpha value is -3.09. The normalized spacial score (nSPS) is 10.8. The Morgan fingerprint density at radius 3 is 2.55 bits per heavy atom. The summed E-state index contributed by atoms with van der Waals surface area (Å²) < 4.78 is 1.42. The third-order valence-electron chi connectivity index (χ3n) is 4.26. The van der Waals surface area contributed by atoms with E-state index >= 15 is 0 Å². The van der Waals surface area contributed by atoms with Gasteiger partial charge in [-0.25, -0.2) is 4.98 Å². The standard InChI is InChI=1S/C22H16ClN3O2S/c23-15-9-11-16(12-10-15)29-20-8-4-2-6-18(20)25-21(27)14-26-19-7-3-1-5-17(19)24-13-22(26)28/h1-13H,14H2,(H,25,27). The largest absolute Gasteiger partial charge is 0.324 e. The summed E-state index contributed by atoms with van der Waals surface area (Å²) in [5, 5.41) is 3.59. The van der Waals surface area contributed by atoms with Crippen molar-refractivity contribution in [3.05, 3.63) is 94.4 Å². The second kappa shape index (κ2) is 8.51. The van der Waals surface area contributed by atoms with Gasteiger partial charge in [-0.15, -0.1) is 0 Å². The van der Waals surface area contributed by atoms with Gasteiger partial charge < -0.3 is 5.32 Å². The number of anilines is 1. The maximum atomic E-state index is 12.7. The molecule has 0 aliphatic rings. The lowest BCUT2D eigenvalue weighted by Crippen LogP contribution is -2.28. The van der Waals surface area contributed by atoms with Crippen molar-refractivity contribution < 1.29 is 4.79 Å². The van der Waals surface area contributed by atoms with E-state index in [4.69, 9.17) is 11.6 Å². The SMILES string of the molecule is O=C(Cn1c(=O)cnc2ccccc21)Nc1ccccc1Sc1ccc(Cl)cc1. The second-order valence-corrected chi connectivity index (χ2v) is 7.82. The number of halogens is 1. The molecule has 0 fully saturated rings. The molecule has 0 radical (unpaired) electrons. The number of hydrogen-bond donors (Lipinski definition) is 1. The van der Waals surface area contributed by atoms with Crippen molar-refractivity contribution in [3.63, 3.8) is 0 Å². The molecule has 0 saturated heterocycles. The van der Waals surface area contributed by atoms with Gasteiger partial charge in [0.2, 0.25) is 5.91 Å². The number of nitrogens with one attached hydrogen (secondary N) is 1. The predicted octanol–water partition coefficient (Wildman–Crippen LogP) is 4.84. The average molecular weight is 422 g/mol. The van der Waals surface area contributed by atoms with Crippen LogP contribution in [-0.4, -0.2) is 15.5 Å². The molecule has 29 heavy (non-hydrogen) atoms. The highest BCUT2D eigenvalue weighted by atomic mass is 35.5. The first-order valence-electron chi connectivity index (χ1n) is 8.87. The topological polar surface area (TPSA) is 64.0 Å². The Morgan fingerprint density at radius 2 is 1.72 bits per heavy atom. The number of benzene rings is 3. The van der Waals surface area contributed by atoms with Crippen LogP contribution < -0.4 is 10.9 Å². The lowest BCUT2D eigenvalue weighted by molar-refractivity contribution is -0.116. The first-order valence-corrected chi connectivity index (χ1v) is 10.1. The van der Waals surface area contributed by atoms with Crippen molar-refractivity contribution >= 4 is 46.0 Å². The Bertz CT molecular complexity index is 1240. The van der Waals surface area contributed by atoms with Crippen LogP contribution in [0.25, 0.3) is 11.0 Å². The van der Waals surface area contributed by atoms with Crippen molar-refractivity contribution in [1.82, 2.24) is 9.55 Å². The summed E-state index contributed by atoms with van der Waals surface area (Å²) in [4.78, 5) is 31.0. The smallest absolute Gasteiger partial charge is 0.269 e. The monoisotopic (exact) mass is 421 g/mol. The van der Waals surface area contributed by atoms with Gasteiger partial charge in [0.25, 0.3) is 5.56 Å². The summed E-state index contributed by atoms with van der Waals surface area (Å²) in [5.74, 6) is -0.285. The van der Waals surface area contributed by atoms with Gasteiger partial charge in [-0.05, 0) is 48.5 Å². The van der Waals surface area contributed by atoms with Crippen molar-refractivity contribution in [2.24, 2.45) is 0 Å². The summed E-state index contributed by atoms with van der Waals surface area (Å²) in [6.07, 6.45) is 1.24. The fourth-order valence-electron chi connectivity index (χ4n) is 2.90. The highest BCUT2D eigenvalue weighted by Crippen LogP contribution is 2.33. The Morgan fingerprint density at radius 1 is 1.00 bits per heavy atom. The molecule has 0 aliphatic heterocycles. The van der Waals surface area contributed by atoms with E-state index in [0.29, 0.717) is 21.7 Å². The predicted molar refractivity (Wildman–Crippen MR) is 117 cm³/mol. The molecule has 1 aromatic heterocycles. The molecule has 0 bridgehead atoms. The number of nitrogens with zero attached hydrogens (tertiary/aromatic N) is 2. The maximum absolute atomic E-state index is 12.7. The number of carbonyl (C=O) groups is 1. The van der Waals surface area contributed by atoms with Gasteiger partial charge in [0.05, 0.1) is 22.9 Å². The van der Waals surface area contributed by atoms with E-state index in [1.807, 2.05) is 60.7 Å². The first-order chi connectivity index (χ1) is 14.1. The zero-order chi connectivity index (χ0) is 20.2. The number of amides is 1. The van der Waals surface area contributed by atoms with Gasteiger partial charge >= 0.3 is 0 Å². The molecule has 1 amide bonds. The fraction of sp³-hybridized carbons (Fsp3) is 0.0455. The van der Waals surface area contributed by atoms with E-state index in [9.17, 15) is 9.59 Å². The molecule has 0 aliphatic carbocycles. The molecular weight excluding hydrogens is 406 g/mol. The van der Waals surface area contributed by atoms with E-state index in [1.54, 1.807) is 12.1 Å². The number of hydrogen-bond acceptors (Lipinski definition) is 4.